The van der Waals surface area contributed by atoms with Crippen molar-refractivity contribution in [3.05, 3.63) is 6.20 Å². The van der Waals surface area contributed by atoms with Crippen LogP contribution in [0.15, 0.2) is 6.20 Å². The topological polar surface area (TPSA) is 211 Å². The molecule has 0 aromatic carbocycles. The maximum Gasteiger partial charge on any atom is 0.306 e. The number of hydrogen-bond donors (Lipinski definition) is 5. The Kier molecular flexibility index (Phi) is 44.8. The van der Waals surface area contributed by atoms with Crippen molar-refractivity contribution < 1.29 is 48.7 Å². The summed E-state index contributed by atoms with van der Waals surface area (Å²) in [6.07, 6.45) is 43.5. The van der Waals surface area contributed by atoms with Crippen molar-refractivity contribution in [2.24, 2.45) is 0 Å². The van der Waals surface area contributed by atoms with Crippen molar-refractivity contribution in [1.29, 1.82) is 0 Å². The number of aliphatic hydroxyl groups excluding tert-OH is 3. The maximum absolute atomic E-state index is 13.9. The van der Waals surface area contributed by atoms with Gasteiger partial charge in [-0.1, -0.05) is 257 Å². The molecule has 1 aromatic rings. The van der Waals surface area contributed by atoms with Gasteiger partial charge in [0.1, 0.15) is 37.1 Å². The van der Waals surface area contributed by atoms with Crippen molar-refractivity contribution in [2.75, 3.05) is 30.0 Å². The fraction of sp³-hybridized carbons (Fsp3) is 0.902. The lowest BCUT2D eigenvalue weighted by Crippen LogP contribution is -2.45. The zero-order valence-electron chi connectivity index (χ0n) is 49.0. The summed E-state index contributed by atoms with van der Waals surface area (Å²) in [6, 6.07) is -1.01. The summed E-state index contributed by atoms with van der Waals surface area (Å²) in [4.78, 5) is 53.5. The van der Waals surface area contributed by atoms with Gasteiger partial charge in [0.25, 0.3) is 0 Å². The molecule has 77 heavy (non-hydrogen) atoms. The van der Waals surface area contributed by atoms with Crippen LogP contribution in [0.4, 0.5) is 5.82 Å². The SMILES string of the molecule is CCCCCCCCCCCCCCCC(=O)N[C@H](CSC[C@@H](COC(=O)CCCCCCCCCCCCCCC)OC(=O)CCCCCCCCCCCCCCC)C(=O)Nc1cn([C@H]2OC(CO)[C@@H](O)[C@@H]2O)nn1. The molecule has 2 rings (SSSR count). The van der Waals surface area contributed by atoms with Gasteiger partial charge >= 0.3 is 11.9 Å². The van der Waals surface area contributed by atoms with E-state index in [-0.39, 0.29) is 54.6 Å². The lowest BCUT2D eigenvalue weighted by Gasteiger charge is -2.21. The molecule has 2 heterocycles. The summed E-state index contributed by atoms with van der Waals surface area (Å²) >= 11 is 1.32. The highest BCUT2D eigenvalue weighted by Crippen LogP contribution is 2.29. The molecule has 15 nitrogen and oxygen atoms in total. The fourth-order valence-corrected chi connectivity index (χ4v) is 11.1. The number of carbonyl (C=O) groups excluding carboxylic acids is 4. The number of anilines is 1. The Morgan fingerprint density at radius 3 is 1.39 bits per heavy atom. The summed E-state index contributed by atoms with van der Waals surface area (Å²) in [5.41, 5.74) is 0. The van der Waals surface area contributed by atoms with Crippen LogP contribution in [-0.4, -0.2) is 109 Å². The number of hydrogen-bond acceptors (Lipinski definition) is 13. The highest BCUT2D eigenvalue weighted by Gasteiger charge is 2.44. The molecular formula is C61H113N5O10S. The van der Waals surface area contributed by atoms with Gasteiger partial charge in [0, 0.05) is 30.8 Å². The van der Waals surface area contributed by atoms with Gasteiger partial charge in [-0.3, -0.25) is 19.2 Å². The minimum atomic E-state index is -1.39. The van der Waals surface area contributed by atoms with Gasteiger partial charge in [-0.2, -0.15) is 11.8 Å². The van der Waals surface area contributed by atoms with E-state index in [1.54, 1.807) is 0 Å². The third kappa shape index (κ3) is 37.0. The third-order valence-electron chi connectivity index (χ3n) is 15.0. The quantitative estimate of drug-likeness (QED) is 0.0304. The highest BCUT2D eigenvalue weighted by molar-refractivity contribution is 7.99. The summed E-state index contributed by atoms with van der Waals surface area (Å²) in [5, 5.41) is 44.0. The second kappa shape index (κ2) is 49.1. The molecule has 448 valence electrons. The average molecular weight is 1110 g/mol. The molecule has 1 fully saturated rings. The normalized spacial score (nSPS) is 17.1. The van der Waals surface area contributed by atoms with E-state index in [1.165, 1.54) is 198 Å². The second-order valence-electron chi connectivity index (χ2n) is 22.2. The predicted octanol–water partition coefficient (Wildman–Crippen LogP) is 13.9. The van der Waals surface area contributed by atoms with E-state index in [4.69, 9.17) is 14.2 Å². The Bertz CT molecular complexity index is 1590. The molecular weight excluding hydrogens is 995 g/mol. The fourth-order valence-electron chi connectivity index (χ4n) is 10.0. The lowest BCUT2D eigenvalue weighted by molar-refractivity contribution is -0.157. The van der Waals surface area contributed by atoms with E-state index < -0.39 is 49.2 Å². The van der Waals surface area contributed by atoms with Crippen LogP contribution in [0.1, 0.15) is 297 Å². The molecule has 1 saturated heterocycles. The largest absolute Gasteiger partial charge is 0.462 e. The minimum Gasteiger partial charge on any atom is -0.462 e. The number of thioether (sulfide) groups is 1. The standard InChI is InChI=1S/C61H113N5O10S/c1-4-7-10-13-16-19-22-25-28-31-34-37-40-43-55(68)62-52(60(73)63-54-46-66(65-64-54)61-59(72)58(71)53(47-67)76-61)50-77-49-51(75-57(70)45-42-39-36-33-30-27-24-21-18-15-12-9-6-3)48-74-56(69)44-41-38-35-32-29-26-23-20-17-14-11-8-5-2/h46,51-53,58-59,61,67,71-72H,4-45,47-50H2,1-3H3,(H,62,68)(H,63,73)/t51-,52-,53?,58-,59+,61+/m1/s1. The molecule has 16 heteroatoms. The first-order valence-electron chi connectivity index (χ1n) is 31.7. The van der Waals surface area contributed by atoms with E-state index in [9.17, 15) is 34.5 Å². The molecule has 1 aliphatic heterocycles. The van der Waals surface area contributed by atoms with Gasteiger partial charge in [-0.15, -0.1) is 5.10 Å². The zero-order chi connectivity index (χ0) is 55.8. The monoisotopic (exact) mass is 1110 g/mol. The van der Waals surface area contributed by atoms with E-state index in [0.29, 0.717) is 12.8 Å². The summed E-state index contributed by atoms with van der Waals surface area (Å²) in [7, 11) is 0. The summed E-state index contributed by atoms with van der Waals surface area (Å²) in [6.45, 7) is 6.14. The Hall–Kier alpha value is -2.79. The molecule has 0 saturated carbocycles. The van der Waals surface area contributed by atoms with Crippen LogP contribution in [0, 0.1) is 0 Å². The van der Waals surface area contributed by atoms with Gasteiger partial charge in [0.2, 0.25) is 11.8 Å². The van der Waals surface area contributed by atoms with Gasteiger partial charge in [-0.05, 0) is 19.3 Å². The average Bonchev–Trinajstić information content (AvgIpc) is 4.02. The van der Waals surface area contributed by atoms with Crippen LogP contribution in [0.5, 0.6) is 0 Å². The van der Waals surface area contributed by atoms with Crippen molar-refractivity contribution in [3.63, 3.8) is 0 Å². The number of unbranched alkanes of at least 4 members (excludes halogenated alkanes) is 36. The number of carbonyl (C=O) groups is 4. The molecule has 6 atom stereocenters. The van der Waals surface area contributed by atoms with Crippen LogP contribution >= 0.6 is 11.8 Å². The Morgan fingerprint density at radius 2 is 0.974 bits per heavy atom. The number of aliphatic hydroxyl groups is 3. The predicted molar refractivity (Wildman–Crippen MR) is 313 cm³/mol. The Balaban J connectivity index is 1.96. The number of aromatic nitrogens is 3. The van der Waals surface area contributed by atoms with Crippen LogP contribution in [0.2, 0.25) is 0 Å². The molecule has 0 radical (unpaired) electrons. The molecule has 0 bridgehead atoms. The molecule has 1 aromatic heterocycles. The molecule has 2 amide bonds. The van der Waals surface area contributed by atoms with Gasteiger partial charge < -0.3 is 40.2 Å². The summed E-state index contributed by atoms with van der Waals surface area (Å²) in [5.74, 6) is -1.09. The van der Waals surface area contributed by atoms with Gasteiger partial charge in [-0.25, -0.2) is 4.68 Å². The lowest BCUT2D eigenvalue weighted by atomic mass is 10.0. The molecule has 0 spiro atoms. The molecule has 5 N–H and O–H groups in total. The van der Waals surface area contributed by atoms with Crippen molar-refractivity contribution in [2.45, 2.75) is 327 Å². The van der Waals surface area contributed by atoms with E-state index in [2.05, 4.69) is 41.7 Å². The third-order valence-corrected chi connectivity index (χ3v) is 16.2. The number of amides is 2. The first-order chi connectivity index (χ1) is 37.6. The number of esters is 2. The number of ether oxygens (including phenoxy) is 3. The number of nitrogens with one attached hydrogen (secondary N) is 2. The molecule has 1 unspecified atom stereocenters. The highest BCUT2D eigenvalue weighted by atomic mass is 32.2. The summed E-state index contributed by atoms with van der Waals surface area (Å²) < 4.78 is 18.4. The van der Waals surface area contributed by atoms with Crippen molar-refractivity contribution >= 4 is 41.3 Å². The van der Waals surface area contributed by atoms with Crippen LogP contribution in [-0.2, 0) is 33.4 Å². The van der Waals surface area contributed by atoms with Crippen LogP contribution < -0.4 is 10.6 Å². The van der Waals surface area contributed by atoms with Crippen molar-refractivity contribution in [3.8, 4) is 0 Å². The number of rotatable bonds is 54. The Morgan fingerprint density at radius 1 is 0.571 bits per heavy atom. The minimum absolute atomic E-state index is 0.0314. The van der Waals surface area contributed by atoms with E-state index in [1.807, 2.05) is 0 Å². The first kappa shape index (κ1) is 70.3. The second-order valence-corrected chi connectivity index (χ2v) is 23.3. The molecule has 0 aliphatic carbocycles. The van der Waals surface area contributed by atoms with Crippen molar-refractivity contribution in [1.82, 2.24) is 20.3 Å². The van der Waals surface area contributed by atoms with Gasteiger partial charge in [0.15, 0.2) is 12.0 Å². The zero-order valence-corrected chi connectivity index (χ0v) is 49.8. The molecule has 1 aliphatic rings. The number of nitrogens with zero attached hydrogens (tertiary/aromatic N) is 3. The maximum atomic E-state index is 13.9. The van der Waals surface area contributed by atoms with E-state index >= 15 is 0 Å². The van der Waals surface area contributed by atoms with Crippen LogP contribution in [0.25, 0.3) is 0 Å². The van der Waals surface area contributed by atoms with Crippen LogP contribution in [0.3, 0.4) is 0 Å². The first-order valence-corrected chi connectivity index (χ1v) is 32.9. The van der Waals surface area contributed by atoms with Gasteiger partial charge in [0.05, 0.1) is 12.8 Å². The smallest absolute Gasteiger partial charge is 0.306 e. The van der Waals surface area contributed by atoms with E-state index in [0.717, 1.165) is 68.9 Å². The Labute approximate surface area is 471 Å².